The molecule has 1 saturated heterocycles. The van der Waals surface area contributed by atoms with Gasteiger partial charge in [0, 0.05) is 0 Å². The molecule has 0 aliphatic carbocycles. The fraction of sp³-hybridized carbons (Fsp3) is 0.381. The summed E-state index contributed by atoms with van der Waals surface area (Å²) in [5, 5.41) is 9.18. The number of rotatable bonds is 4. The summed E-state index contributed by atoms with van der Waals surface area (Å²) < 4.78 is 79.3. The highest BCUT2D eigenvalue weighted by Gasteiger charge is 2.35. The molecule has 0 radical (unpaired) electrons. The van der Waals surface area contributed by atoms with Crippen LogP contribution in [0.1, 0.15) is 41.1 Å². The quantitative estimate of drug-likeness (QED) is 0.640. The molecule has 1 fully saturated rings. The van der Waals surface area contributed by atoms with E-state index in [1.54, 1.807) is 4.90 Å². The van der Waals surface area contributed by atoms with Crippen LogP contribution in [0.3, 0.4) is 0 Å². The number of nitrogens with zero attached hydrogens (tertiary/aromatic N) is 1. The van der Waals surface area contributed by atoms with Crippen molar-refractivity contribution in [2.45, 2.75) is 31.2 Å². The summed E-state index contributed by atoms with van der Waals surface area (Å²) in [5.41, 5.74) is -1.37. The van der Waals surface area contributed by atoms with E-state index in [1.165, 1.54) is 24.3 Å². The molecule has 30 heavy (non-hydrogen) atoms. The van der Waals surface area contributed by atoms with E-state index in [2.05, 4.69) is 0 Å². The molecular weight excluding hydrogens is 412 g/mol. The number of carboxylic acid groups (broad SMARTS) is 1. The van der Waals surface area contributed by atoms with Crippen LogP contribution in [-0.2, 0) is 17.1 Å². The van der Waals surface area contributed by atoms with Gasteiger partial charge in [-0.2, -0.15) is 26.3 Å². The lowest BCUT2D eigenvalue weighted by Gasteiger charge is -2.37. The van der Waals surface area contributed by atoms with Gasteiger partial charge in [0.05, 0.1) is 23.1 Å². The highest BCUT2D eigenvalue weighted by molar-refractivity contribution is 5.70. The van der Waals surface area contributed by atoms with Crippen molar-refractivity contribution in [1.29, 1.82) is 0 Å². The SMILES string of the molecule is O=C(O)C1CCN(C(c2cccc(C(F)(F)F)c2)c2cccc(C(F)(F)F)c2)CC1. The van der Waals surface area contributed by atoms with Gasteiger partial charge in [-0.05, 0) is 61.3 Å². The molecule has 1 aliphatic heterocycles. The number of carbonyl (C=O) groups is 1. The highest BCUT2D eigenvalue weighted by atomic mass is 19.4. The molecule has 0 atom stereocenters. The van der Waals surface area contributed by atoms with Crippen molar-refractivity contribution in [1.82, 2.24) is 4.90 Å². The second-order valence-electron chi connectivity index (χ2n) is 7.30. The van der Waals surface area contributed by atoms with E-state index in [-0.39, 0.29) is 37.1 Å². The molecule has 1 heterocycles. The van der Waals surface area contributed by atoms with Crippen molar-refractivity contribution >= 4 is 5.97 Å². The van der Waals surface area contributed by atoms with Crippen LogP contribution in [0, 0.1) is 5.92 Å². The van der Waals surface area contributed by atoms with Crippen LogP contribution in [0.15, 0.2) is 48.5 Å². The summed E-state index contributed by atoms with van der Waals surface area (Å²) in [6.45, 7) is 0.488. The van der Waals surface area contributed by atoms with Crippen LogP contribution in [0.2, 0.25) is 0 Å². The maximum atomic E-state index is 13.2. The van der Waals surface area contributed by atoms with Crippen LogP contribution in [0.25, 0.3) is 0 Å². The monoisotopic (exact) mass is 431 g/mol. The van der Waals surface area contributed by atoms with Crippen LogP contribution in [-0.4, -0.2) is 29.1 Å². The van der Waals surface area contributed by atoms with E-state index in [1.807, 2.05) is 0 Å². The fourth-order valence-corrected chi connectivity index (χ4v) is 3.79. The fourth-order valence-electron chi connectivity index (χ4n) is 3.79. The van der Waals surface area contributed by atoms with E-state index in [0.717, 1.165) is 24.3 Å². The molecule has 0 aromatic heterocycles. The zero-order chi connectivity index (χ0) is 22.1. The molecular formula is C21H19F6NO2. The second kappa shape index (κ2) is 8.29. The highest BCUT2D eigenvalue weighted by Crippen LogP contribution is 2.38. The lowest BCUT2D eigenvalue weighted by atomic mass is 9.90. The lowest BCUT2D eigenvalue weighted by Crippen LogP contribution is -2.39. The van der Waals surface area contributed by atoms with Gasteiger partial charge in [0.2, 0.25) is 0 Å². The summed E-state index contributed by atoms with van der Waals surface area (Å²) in [4.78, 5) is 13.0. The van der Waals surface area contributed by atoms with E-state index >= 15 is 0 Å². The third-order valence-corrected chi connectivity index (χ3v) is 5.30. The van der Waals surface area contributed by atoms with E-state index in [4.69, 9.17) is 0 Å². The average Bonchev–Trinajstić information content (AvgIpc) is 2.68. The van der Waals surface area contributed by atoms with Gasteiger partial charge in [-0.1, -0.05) is 24.3 Å². The molecule has 0 spiro atoms. The maximum Gasteiger partial charge on any atom is 0.416 e. The molecule has 9 heteroatoms. The average molecular weight is 431 g/mol. The molecule has 3 rings (SSSR count). The molecule has 0 saturated carbocycles. The van der Waals surface area contributed by atoms with E-state index < -0.39 is 41.4 Å². The number of aliphatic carboxylic acids is 1. The van der Waals surface area contributed by atoms with Gasteiger partial charge in [-0.15, -0.1) is 0 Å². The Balaban J connectivity index is 2.04. The Bertz CT molecular complexity index is 843. The Morgan fingerprint density at radius 1 is 0.867 bits per heavy atom. The molecule has 1 aliphatic rings. The first kappa shape index (κ1) is 22.1. The van der Waals surface area contributed by atoms with Crippen LogP contribution >= 0.6 is 0 Å². The normalized spacial score (nSPS) is 16.8. The maximum absolute atomic E-state index is 13.2. The van der Waals surface area contributed by atoms with E-state index in [9.17, 15) is 36.2 Å². The first-order chi connectivity index (χ1) is 14.0. The number of alkyl halides is 6. The smallest absolute Gasteiger partial charge is 0.416 e. The van der Waals surface area contributed by atoms with Crippen LogP contribution < -0.4 is 0 Å². The van der Waals surface area contributed by atoms with Crippen LogP contribution in [0.4, 0.5) is 26.3 Å². The molecule has 1 N–H and O–H groups in total. The van der Waals surface area contributed by atoms with Gasteiger partial charge in [-0.25, -0.2) is 0 Å². The van der Waals surface area contributed by atoms with E-state index in [0.29, 0.717) is 0 Å². The Labute approximate surface area is 168 Å². The van der Waals surface area contributed by atoms with Crippen molar-refractivity contribution in [2.24, 2.45) is 5.92 Å². The zero-order valence-corrected chi connectivity index (χ0v) is 15.7. The number of hydrogen-bond donors (Lipinski definition) is 1. The van der Waals surface area contributed by atoms with Gasteiger partial charge in [0.1, 0.15) is 0 Å². The summed E-state index contributed by atoms with van der Waals surface area (Å²) in [6, 6.07) is 8.18. The largest absolute Gasteiger partial charge is 0.481 e. The standard InChI is InChI=1S/C21H19F6NO2/c22-20(23,24)16-5-1-3-14(11-16)18(28-9-7-13(8-10-28)19(29)30)15-4-2-6-17(12-15)21(25,26)27/h1-6,11-13,18H,7-10H2,(H,29,30). The second-order valence-corrected chi connectivity index (χ2v) is 7.30. The third kappa shape index (κ3) is 4.95. The first-order valence-electron chi connectivity index (χ1n) is 9.28. The molecule has 3 nitrogen and oxygen atoms in total. The van der Waals surface area contributed by atoms with Crippen molar-refractivity contribution in [3.8, 4) is 0 Å². The Morgan fingerprint density at radius 3 is 1.67 bits per heavy atom. The molecule has 2 aromatic carbocycles. The van der Waals surface area contributed by atoms with Gasteiger partial charge < -0.3 is 5.11 Å². The molecule has 162 valence electrons. The van der Waals surface area contributed by atoms with Gasteiger partial charge in [-0.3, -0.25) is 9.69 Å². The minimum atomic E-state index is -4.59. The number of carboxylic acids is 1. The lowest BCUT2D eigenvalue weighted by molar-refractivity contribution is -0.143. The summed E-state index contributed by atoms with van der Waals surface area (Å²) in [5.74, 6) is -1.53. The Hall–Kier alpha value is -2.55. The first-order valence-corrected chi connectivity index (χ1v) is 9.28. The number of likely N-dealkylation sites (tertiary alicyclic amines) is 1. The topological polar surface area (TPSA) is 40.5 Å². The Kier molecular flexibility index (Phi) is 6.12. The predicted octanol–water partition coefficient (Wildman–Crippen LogP) is 5.61. The van der Waals surface area contributed by atoms with Gasteiger partial charge >= 0.3 is 18.3 Å². The molecule has 2 aromatic rings. The van der Waals surface area contributed by atoms with Crippen molar-refractivity contribution < 1.29 is 36.2 Å². The van der Waals surface area contributed by atoms with Crippen molar-refractivity contribution in [2.75, 3.05) is 13.1 Å². The number of halogens is 6. The summed E-state index contributed by atoms with van der Waals surface area (Å²) in [7, 11) is 0. The summed E-state index contributed by atoms with van der Waals surface area (Å²) >= 11 is 0. The Morgan fingerprint density at radius 2 is 1.30 bits per heavy atom. The van der Waals surface area contributed by atoms with Crippen molar-refractivity contribution in [3.05, 3.63) is 70.8 Å². The third-order valence-electron chi connectivity index (χ3n) is 5.30. The number of piperidine rings is 1. The number of hydrogen-bond acceptors (Lipinski definition) is 2. The number of benzene rings is 2. The minimum Gasteiger partial charge on any atom is -0.481 e. The van der Waals surface area contributed by atoms with Gasteiger partial charge in [0.15, 0.2) is 0 Å². The molecule has 0 bridgehead atoms. The van der Waals surface area contributed by atoms with Gasteiger partial charge in [0.25, 0.3) is 0 Å². The van der Waals surface area contributed by atoms with Crippen molar-refractivity contribution in [3.63, 3.8) is 0 Å². The molecule has 0 unspecified atom stereocenters. The predicted molar refractivity (Wildman–Crippen MR) is 96.7 cm³/mol. The zero-order valence-electron chi connectivity index (χ0n) is 15.7. The minimum absolute atomic E-state index is 0.206. The molecule has 0 amide bonds. The van der Waals surface area contributed by atoms with Crippen LogP contribution in [0.5, 0.6) is 0 Å². The summed E-state index contributed by atoms with van der Waals surface area (Å²) in [6.07, 6.45) is -8.65.